The molecule has 0 aliphatic rings. The van der Waals surface area contributed by atoms with Crippen LogP contribution < -0.4 is 0 Å². The molecule has 0 radical (unpaired) electrons. The lowest BCUT2D eigenvalue weighted by atomic mass is 10.1. The molecule has 11 aromatic rings. The van der Waals surface area contributed by atoms with Crippen LogP contribution in [0.1, 0.15) is 0 Å². The van der Waals surface area contributed by atoms with Gasteiger partial charge in [0.25, 0.3) is 0 Å². The summed E-state index contributed by atoms with van der Waals surface area (Å²) in [5.41, 5.74) is 11.5. The zero-order chi connectivity index (χ0) is 36.3. The number of rotatable bonds is 6. The van der Waals surface area contributed by atoms with Crippen LogP contribution in [0.25, 0.3) is 109 Å². The molecule has 0 saturated heterocycles. The van der Waals surface area contributed by atoms with Crippen LogP contribution in [0.3, 0.4) is 0 Å². The first-order valence-corrected chi connectivity index (χ1v) is 19.1. The van der Waals surface area contributed by atoms with Crippen molar-refractivity contribution in [3.63, 3.8) is 0 Å². The summed E-state index contributed by atoms with van der Waals surface area (Å²) in [6, 6.07) is 39.9. The van der Waals surface area contributed by atoms with Crippen molar-refractivity contribution in [3.05, 3.63) is 146 Å². The van der Waals surface area contributed by atoms with Gasteiger partial charge >= 0.3 is 0 Å². The fourth-order valence-electron chi connectivity index (χ4n) is 6.76. The highest BCUT2D eigenvalue weighted by Gasteiger charge is 2.18. The molecule has 0 unspecified atom stereocenters. The Morgan fingerprint density at radius 3 is 1.05 bits per heavy atom. The van der Waals surface area contributed by atoms with E-state index in [9.17, 15) is 0 Å². The molecule has 11 rings (SSSR count). The molecule has 0 saturated carbocycles. The fraction of sp³-hybridized carbons (Fsp3) is 0. The molecule has 0 aliphatic carbocycles. The zero-order valence-corrected chi connectivity index (χ0v) is 30.3. The molecule has 0 N–H and O–H groups in total. The summed E-state index contributed by atoms with van der Waals surface area (Å²) >= 11 is 3.24. The number of benzene rings is 2. The van der Waals surface area contributed by atoms with Crippen molar-refractivity contribution >= 4 is 65.0 Å². The predicted molar refractivity (Wildman–Crippen MR) is 219 cm³/mol. The molecule has 9 nitrogen and oxygen atoms in total. The number of furan rings is 1. The molecule has 0 amide bonds. The molecule has 0 fully saturated rings. The average Bonchev–Trinajstić information content (AvgIpc) is 3.97. The number of aromatic nitrogens is 8. The number of nitrogens with zero attached hydrogens (tertiary/aromatic N) is 8. The Balaban J connectivity index is 1.01. The minimum absolute atomic E-state index is 0.761. The molecule has 9 aromatic heterocycles. The van der Waals surface area contributed by atoms with Gasteiger partial charge < -0.3 is 4.42 Å². The summed E-state index contributed by atoms with van der Waals surface area (Å²) in [6.07, 6.45) is 7.11. The second kappa shape index (κ2) is 12.8. The molecular weight excluding hydrogens is 721 g/mol. The first-order valence-electron chi connectivity index (χ1n) is 17.5. The van der Waals surface area contributed by atoms with Crippen LogP contribution in [0, 0.1) is 0 Å². The Morgan fingerprint density at radius 2 is 0.727 bits per heavy atom. The molecule has 0 bridgehead atoms. The van der Waals surface area contributed by atoms with E-state index in [-0.39, 0.29) is 0 Å². The van der Waals surface area contributed by atoms with E-state index in [4.69, 9.17) is 24.4 Å². The minimum Gasteiger partial charge on any atom is -0.456 e. The van der Waals surface area contributed by atoms with Gasteiger partial charge in [-0.1, -0.05) is 24.3 Å². The van der Waals surface area contributed by atoms with Crippen molar-refractivity contribution in [1.82, 2.24) is 39.9 Å². The third kappa shape index (κ3) is 5.70. The molecule has 0 atom stereocenters. The Hall–Kier alpha value is -7.08. The van der Waals surface area contributed by atoms with Crippen LogP contribution in [-0.4, -0.2) is 39.9 Å². The van der Waals surface area contributed by atoms with Gasteiger partial charge in [0.15, 0.2) is 0 Å². The number of pyridine rings is 6. The summed E-state index contributed by atoms with van der Waals surface area (Å²) in [4.78, 5) is 38.4. The highest BCUT2D eigenvalue weighted by atomic mass is 32.1. The smallest absolute Gasteiger partial charge is 0.136 e. The fourth-order valence-corrected chi connectivity index (χ4v) is 8.68. The molecular formula is C44H24N8OS2. The van der Waals surface area contributed by atoms with Crippen molar-refractivity contribution in [2.75, 3.05) is 0 Å². The Kier molecular flexibility index (Phi) is 7.32. The summed E-state index contributed by atoms with van der Waals surface area (Å²) < 4.78 is 8.57. The highest BCUT2D eigenvalue weighted by molar-refractivity contribution is 7.22. The molecule has 258 valence electrons. The van der Waals surface area contributed by atoms with Crippen LogP contribution in [-0.2, 0) is 0 Å². The molecule has 0 aliphatic heterocycles. The number of hydrogen-bond donors (Lipinski definition) is 0. The first kappa shape index (κ1) is 31.4. The number of thiazole rings is 2. The van der Waals surface area contributed by atoms with Crippen LogP contribution in [0.4, 0.5) is 0 Å². The lowest BCUT2D eigenvalue weighted by Crippen LogP contribution is -1.93. The Morgan fingerprint density at radius 1 is 0.364 bits per heavy atom. The van der Waals surface area contributed by atoms with Crippen molar-refractivity contribution in [2.24, 2.45) is 0 Å². The molecule has 55 heavy (non-hydrogen) atoms. The van der Waals surface area contributed by atoms with Gasteiger partial charge in [-0.05, 0) is 84.9 Å². The van der Waals surface area contributed by atoms with Gasteiger partial charge in [0.05, 0.1) is 66.0 Å². The van der Waals surface area contributed by atoms with Crippen molar-refractivity contribution in [1.29, 1.82) is 0 Å². The van der Waals surface area contributed by atoms with E-state index in [1.165, 1.54) is 0 Å². The van der Waals surface area contributed by atoms with Crippen molar-refractivity contribution in [2.45, 2.75) is 0 Å². The van der Waals surface area contributed by atoms with E-state index in [2.05, 4.69) is 44.2 Å². The van der Waals surface area contributed by atoms with Crippen LogP contribution >= 0.6 is 22.7 Å². The standard InChI is InChI=1S/C44H24N8OS2/c1-5-13-45-29(9-1)33-17-25(18-34(49-33)30-10-2-6-14-46-30)43-51-37-21-27-28-22-38-42(24-40(28)53-39(27)23-41(37)54-43)55-44(52-38)26-19-35(31-11-3-7-15-47-31)50-36(20-26)32-12-4-8-16-48-32/h1-24H. The lowest BCUT2D eigenvalue weighted by molar-refractivity contribution is 0.670. The maximum Gasteiger partial charge on any atom is 0.136 e. The topological polar surface area (TPSA) is 116 Å². The Bertz CT molecular complexity index is 2870. The molecule has 0 spiro atoms. The molecule has 11 heteroatoms. The van der Waals surface area contributed by atoms with Crippen molar-refractivity contribution in [3.8, 4) is 66.7 Å². The van der Waals surface area contributed by atoms with E-state index in [1.807, 2.05) is 97.1 Å². The lowest BCUT2D eigenvalue weighted by Gasteiger charge is -2.07. The van der Waals surface area contributed by atoms with E-state index in [1.54, 1.807) is 47.5 Å². The highest BCUT2D eigenvalue weighted by Crippen LogP contribution is 2.41. The summed E-state index contributed by atoms with van der Waals surface area (Å²) in [5.74, 6) is 0. The maximum atomic E-state index is 6.51. The van der Waals surface area contributed by atoms with Crippen LogP contribution in [0.5, 0.6) is 0 Å². The van der Waals surface area contributed by atoms with Gasteiger partial charge in [-0.25, -0.2) is 19.9 Å². The van der Waals surface area contributed by atoms with E-state index >= 15 is 0 Å². The van der Waals surface area contributed by atoms with Gasteiger partial charge in [0, 0.05) is 58.8 Å². The Labute approximate surface area is 320 Å². The number of hydrogen-bond acceptors (Lipinski definition) is 11. The summed E-state index contributed by atoms with van der Waals surface area (Å²) in [5, 5.41) is 3.74. The zero-order valence-electron chi connectivity index (χ0n) is 28.7. The largest absolute Gasteiger partial charge is 0.456 e. The SMILES string of the molecule is c1ccc(-c2cc(-c3nc4cc5c(cc4s3)oc3cc4sc(-c6cc(-c7ccccn7)nc(-c7ccccn7)c6)nc4cc35)cc(-c3ccccn3)n2)nc1. The predicted octanol–water partition coefficient (Wildman–Crippen LogP) is 11.2. The first-order chi connectivity index (χ1) is 27.2. The van der Waals surface area contributed by atoms with Gasteiger partial charge in [-0.2, -0.15) is 0 Å². The molecule has 2 aromatic carbocycles. The van der Waals surface area contributed by atoms with Gasteiger partial charge in [-0.3, -0.25) is 19.9 Å². The summed E-state index contributed by atoms with van der Waals surface area (Å²) in [6.45, 7) is 0. The summed E-state index contributed by atoms with van der Waals surface area (Å²) in [7, 11) is 0. The van der Waals surface area contributed by atoms with Gasteiger partial charge in [-0.15, -0.1) is 22.7 Å². The maximum absolute atomic E-state index is 6.51. The monoisotopic (exact) mass is 744 g/mol. The van der Waals surface area contributed by atoms with Gasteiger partial charge in [0.2, 0.25) is 0 Å². The molecule has 9 heterocycles. The second-order valence-corrected chi connectivity index (χ2v) is 14.9. The van der Waals surface area contributed by atoms with E-state index < -0.39 is 0 Å². The number of fused-ring (bicyclic) bond motifs is 5. The van der Waals surface area contributed by atoms with Crippen LogP contribution in [0.2, 0.25) is 0 Å². The third-order valence-electron chi connectivity index (χ3n) is 9.34. The van der Waals surface area contributed by atoms with E-state index in [0.29, 0.717) is 0 Å². The van der Waals surface area contributed by atoms with Gasteiger partial charge in [0.1, 0.15) is 21.2 Å². The van der Waals surface area contributed by atoms with Crippen molar-refractivity contribution < 1.29 is 4.42 Å². The minimum atomic E-state index is 0.761. The second-order valence-electron chi connectivity index (χ2n) is 12.9. The quantitative estimate of drug-likeness (QED) is 0.164. The van der Waals surface area contributed by atoms with E-state index in [0.717, 1.165) is 109 Å². The van der Waals surface area contributed by atoms with Crippen LogP contribution in [0.15, 0.2) is 151 Å². The third-order valence-corrected chi connectivity index (χ3v) is 11.5. The normalized spacial score (nSPS) is 11.6. The average molecular weight is 745 g/mol.